The lowest BCUT2D eigenvalue weighted by Gasteiger charge is -2.20. The lowest BCUT2D eigenvalue weighted by Crippen LogP contribution is -2.28. The van der Waals surface area contributed by atoms with Gasteiger partial charge in [-0.05, 0) is 6.54 Å². The molecular formula is C11H16F3N3O2. The zero-order chi connectivity index (χ0) is 14.5. The number of rotatable bonds is 6. The summed E-state index contributed by atoms with van der Waals surface area (Å²) < 4.78 is 47.5. The van der Waals surface area contributed by atoms with Gasteiger partial charge < -0.3 is 14.8 Å². The second kappa shape index (κ2) is 6.55. The van der Waals surface area contributed by atoms with E-state index in [2.05, 4.69) is 15.3 Å². The molecule has 0 aliphatic rings. The second-order valence-electron chi connectivity index (χ2n) is 3.74. The fourth-order valence-electron chi connectivity index (χ4n) is 1.60. The third-order valence-corrected chi connectivity index (χ3v) is 2.36. The number of methoxy groups -OCH3 is 2. The van der Waals surface area contributed by atoms with Gasteiger partial charge in [0, 0.05) is 0 Å². The molecule has 1 N–H and O–H groups in total. The average molecular weight is 279 g/mol. The highest BCUT2D eigenvalue weighted by atomic mass is 19.4. The Labute approximate surface area is 109 Å². The van der Waals surface area contributed by atoms with Crippen molar-refractivity contribution in [3.63, 3.8) is 0 Å². The summed E-state index contributed by atoms with van der Waals surface area (Å²) in [6.45, 7) is 2.09. The van der Waals surface area contributed by atoms with Crippen LogP contribution in [0.15, 0.2) is 6.20 Å². The zero-order valence-corrected chi connectivity index (χ0v) is 10.9. The van der Waals surface area contributed by atoms with Gasteiger partial charge in [-0.1, -0.05) is 6.92 Å². The maximum Gasteiger partial charge on any atom is 0.390 e. The van der Waals surface area contributed by atoms with E-state index in [4.69, 9.17) is 9.47 Å². The van der Waals surface area contributed by atoms with E-state index >= 15 is 0 Å². The molecule has 1 rings (SSSR count). The number of nitrogens with zero attached hydrogens (tertiary/aromatic N) is 2. The fourth-order valence-corrected chi connectivity index (χ4v) is 1.60. The number of hydrogen-bond acceptors (Lipinski definition) is 5. The highest BCUT2D eigenvalue weighted by molar-refractivity contribution is 5.25. The quantitative estimate of drug-likeness (QED) is 0.864. The number of aromatic nitrogens is 2. The van der Waals surface area contributed by atoms with Gasteiger partial charge in [0.2, 0.25) is 11.8 Å². The minimum Gasteiger partial charge on any atom is -0.480 e. The standard InChI is InChI=1S/C11H16F3N3O2/c1-4-15-7(5-11(12,13)14)9-10(19-3)17-8(18-2)6-16-9/h6-7,15H,4-5H2,1-3H3. The molecule has 1 heterocycles. The van der Waals surface area contributed by atoms with E-state index in [9.17, 15) is 13.2 Å². The van der Waals surface area contributed by atoms with Crippen molar-refractivity contribution in [2.75, 3.05) is 20.8 Å². The maximum absolute atomic E-state index is 12.5. The van der Waals surface area contributed by atoms with Crippen molar-refractivity contribution in [1.29, 1.82) is 0 Å². The Kier molecular flexibility index (Phi) is 5.34. The van der Waals surface area contributed by atoms with E-state index in [0.29, 0.717) is 6.54 Å². The predicted molar refractivity (Wildman–Crippen MR) is 62.2 cm³/mol. The van der Waals surface area contributed by atoms with E-state index in [1.807, 2.05) is 0 Å². The van der Waals surface area contributed by atoms with Crippen molar-refractivity contribution < 1.29 is 22.6 Å². The summed E-state index contributed by atoms with van der Waals surface area (Å²) in [7, 11) is 2.71. The number of nitrogens with one attached hydrogen (secondary N) is 1. The van der Waals surface area contributed by atoms with Crippen LogP contribution in [0.4, 0.5) is 13.2 Å². The molecule has 0 bridgehead atoms. The Balaban J connectivity index is 3.07. The van der Waals surface area contributed by atoms with Crippen molar-refractivity contribution >= 4 is 0 Å². The van der Waals surface area contributed by atoms with Gasteiger partial charge in [0.05, 0.1) is 32.9 Å². The van der Waals surface area contributed by atoms with Gasteiger partial charge in [-0.15, -0.1) is 0 Å². The smallest absolute Gasteiger partial charge is 0.390 e. The Morgan fingerprint density at radius 1 is 1.32 bits per heavy atom. The highest BCUT2D eigenvalue weighted by Crippen LogP contribution is 2.32. The number of halogens is 3. The Morgan fingerprint density at radius 3 is 2.47 bits per heavy atom. The minimum atomic E-state index is -4.31. The SMILES string of the molecule is CCNC(CC(F)(F)F)c1ncc(OC)nc1OC. The fraction of sp³-hybridized carbons (Fsp3) is 0.636. The van der Waals surface area contributed by atoms with Crippen molar-refractivity contribution in [3.8, 4) is 11.8 Å². The molecule has 1 aromatic rings. The van der Waals surface area contributed by atoms with E-state index in [1.165, 1.54) is 20.4 Å². The van der Waals surface area contributed by atoms with Gasteiger partial charge in [0.1, 0.15) is 5.69 Å². The normalized spacial score (nSPS) is 13.2. The lowest BCUT2D eigenvalue weighted by atomic mass is 10.1. The van der Waals surface area contributed by atoms with Crippen molar-refractivity contribution in [2.24, 2.45) is 0 Å². The minimum absolute atomic E-state index is 0.0227. The van der Waals surface area contributed by atoms with Crippen molar-refractivity contribution in [2.45, 2.75) is 25.6 Å². The molecule has 0 aliphatic carbocycles. The molecule has 0 aliphatic heterocycles. The molecular weight excluding hydrogens is 263 g/mol. The first-order valence-corrected chi connectivity index (χ1v) is 5.66. The number of hydrogen-bond donors (Lipinski definition) is 1. The molecule has 0 amide bonds. The topological polar surface area (TPSA) is 56.3 Å². The van der Waals surface area contributed by atoms with E-state index < -0.39 is 18.6 Å². The van der Waals surface area contributed by atoms with E-state index in [1.54, 1.807) is 6.92 Å². The van der Waals surface area contributed by atoms with Gasteiger partial charge >= 0.3 is 6.18 Å². The van der Waals surface area contributed by atoms with Crippen LogP contribution in [-0.4, -0.2) is 36.9 Å². The van der Waals surface area contributed by atoms with Crippen LogP contribution >= 0.6 is 0 Å². The van der Waals surface area contributed by atoms with Crippen molar-refractivity contribution in [3.05, 3.63) is 11.9 Å². The van der Waals surface area contributed by atoms with Crippen molar-refractivity contribution in [1.82, 2.24) is 15.3 Å². The summed E-state index contributed by atoms with van der Waals surface area (Å²) in [5, 5.41) is 2.72. The molecule has 0 radical (unpaired) electrons. The van der Waals surface area contributed by atoms with Crippen LogP contribution in [-0.2, 0) is 0 Å². The van der Waals surface area contributed by atoms with Gasteiger partial charge in [-0.25, -0.2) is 4.98 Å². The number of ether oxygens (including phenoxy) is 2. The molecule has 1 unspecified atom stereocenters. The van der Waals surface area contributed by atoms with Crippen LogP contribution in [0.5, 0.6) is 11.8 Å². The maximum atomic E-state index is 12.5. The summed E-state index contributed by atoms with van der Waals surface area (Å²) in [6.07, 6.45) is -4.09. The van der Waals surface area contributed by atoms with Gasteiger partial charge in [0.25, 0.3) is 0 Å². The van der Waals surface area contributed by atoms with E-state index in [-0.39, 0.29) is 17.5 Å². The molecule has 1 atom stereocenters. The summed E-state index contributed by atoms with van der Waals surface area (Å²) in [5.41, 5.74) is 0.113. The molecule has 108 valence electrons. The first-order valence-electron chi connectivity index (χ1n) is 5.66. The third kappa shape index (κ3) is 4.55. The molecule has 0 spiro atoms. The average Bonchev–Trinajstić information content (AvgIpc) is 2.36. The van der Waals surface area contributed by atoms with Crippen LogP contribution in [0.1, 0.15) is 25.1 Å². The summed E-state index contributed by atoms with van der Waals surface area (Å²) >= 11 is 0. The Hall–Kier alpha value is -1.57. The Bertz CT molecular complexity index is 413. The Morgan fingerprint density at radius 2 is 2.00 bits per heavy atom. The molecule has 8 heteroatoms. The van der Waals surface area contributed by atoms with Gasteiger partial charge in [0.15, 0.2) is 0 Å². The monoisotopic (exact) mass is 279 g/mol. The highest BCUT2D eigenvalue weighted by Gasteiger charge is 2.34. The molecule has 0 fully saturated rings. The number of alkyl halides is 3. The molecule has 0 aromatic carbocycles. The summed E-state index contributed by atoms with van der Waals surface area (Å²) in [5.74, 6) is 0.206. The van der Waals surface area contributed by atoms with Crippen LogP contribution in [0.3, 0.4) is 0 Å². The molecule has 19 heavy (non-hydrogen) atoms. The molecule has 0 saturated heterocycles. The predicted octanol–water partition coefficient (Wildman–Crippen LogP) is 2.10. The van der Waals surface area contributed by atoms with Gasteiger partial charge in [-0.3, -0.25) is 0 Å². The largest absolute Gasteiger partial charge is 0.480 e. The van der Waals surface area contributed by atoms with E-state index in [0.717, 1.165) is 0 Å². The first kappa shape index (κ1) is 15.5. The van der Waals surface area contributed by atoms with Crippen LogP contribution in [0.2, 0.25) is 0 Å². The van der Waals surface area contributed by atoms with Crippen LogP contribution < -0.4 is 14.8 Å². The van der Waals surface area contributed by atoms with Gasteiger partial charge in [-0.2, -0.15) is 18.2 Å². The molecule has 5 nitrogen and oxygen atoms in total. The second-order valence-corrected chi connectivity index (χ2v) is 3.74. The van der Waals surface area contributed by atoms with Crippen LogP contribution in [0, 0.1) is 0 Å². The summed E-state index contributed by atoms with van der Waals surface area (Å²) in [6, 6.07) is -1.00. The lowest BCUT2D eigenvalue weighted by molar-refractivity contribution is -0.140. The summed E-state index contributed by atoms with van der Waals surface area (Å²) in [4.78, 5) is 7.88. The third-order valence-electron chi connectivity index (χ3n) is 2.36. The molecule has 0 saturated carbocycles. The zero-order valence-electron chi connectivity index (χ0n) is 10.9. The molecule has 1 aromatic heterocycles. The van der Waals surface area contributed by atoms with Crippen LogP contribution in [0.25, 0.3) is 0 Å². The first-order chi connectivity index (χ1) is 8.91.